The third-order valence-corrected chi connectivity index (χ3v) is 3.40. The molecule has 3 rings (SSSR count). The van der Waals surface area contributed by atoms with Gasteiger partial charge in [-0.1, -0.05) is 12.1 Å². The zero-order valence-electron chi connectivity index (χ0n) is 12.5. The van der Waals surface area contributed by atoms with E-state index in [9.17, 15) is 0 Å². The SMILES string of the molecule is COc1cc(-c2ccccn2)c(OC)cc1-c1ccccn1. The first kappa shape index (κ1) is 14.1. The van der Waals surface area contributed by atoms with Crippen LogP contribution in [0.15, 0.2) is 60.9 Å². The number of nitrogens with zero attached hydrogens (tertiary/aromatic N) is 2. The molecule has 110 valence electrons. The van der Waals surface area contributed by atoms with Gasteiger partial charge >= 0.3 is 0 Å². The van der Waals surface area contributed by atoms with Crippen LogP contribution < -0.4 is 9.47 Å². The molecule has 0 saturated carbocycles. The van der Waals surface area contributed by atoms with Crippen molar-refractivity contribution in [2.45, 2.75) is 0 Å². The zero-order valence-corrected chi connectivity index (χ0v) is 12.5. The fourth-order valence-electron chi connectivity index (χ4n) is 2.34. The van der Waals surface area contributed by atoms with Gasteiger partial charge in [-0.3, -0.25) is 9.97 Å². The van der Waals surface area contributed by atoms with Crippen molar-refractivity contribution in [3.63, 3.8) is 0 Å². The van der Waals surface area contributed by atoms with Crippen molar-refractivity contribution >= 4 is 0 Å². The fraction of sp³-hybridized carbons (Fsp3) is 0.111. The molecule has 2 heterocycles. The molecule has 0 N–H and O–H groups in total. The molecule has 3 aromatic rings. The van der Waals surface area contributed by atoms with Crippen LogP contribution in [0.25, 0.3) is 22.5 Å². The zero-order chi connectivity index (χ0) is 15.4. The Balaban J connectivity index is 2.19. The predicted octanol–water partition coefficient (Wildman–Crippen LogP) is 3.83. The predicted molar refractivity (Wildman–Crippen MR) is 86.0 cm³/mol. The van der Waals surface area contributed by atoms with Crippen molar-refractivity contribution in [3.05, 3.63) is 60.9 Å². The average Bonchev–Trinajstić information content (AvgIpc) is 2.62. The molecule has 0 saturated heterocycles. The number of rotatable bonds is 4. The fourth-order valence-corrected chi connectivity index (χ4v) is 2.34. The van der Waals surface area contributed by atoms with Crippen molar-refractivity contribution < 1.29 is 9.47 Å². The van der Waals surface area contributed by atoms with Crippen LogP contribution in [0.3, 0.4) is 0 Å². The van der Waals surface area contributed by atoms with Gasteiger partial charge in [0, 0.05) is 23.5 Å². The lowest BCUT2D eigenvalue weighted by molar-refractivity contribution is 0.405. The van der Waals surface area contributed by atoms with E-state index < -0.39 is 0 Å². The van der Waals surface area contributed by atoms with E-state index in [2.05, 4.69) is 9.97 Å². The van der Waals surface area contributed by atoms with Crippen molar-refractivity contribution in [1.82, 2.24) is 9.97 Å². The van der Waals surface area contributed by atoms with Gasteiger partial charge in [-0.05, 0) is 36.4 Å². The van der Waals surface area contributed by atoms with Gasteiger partial charge in [0.2, 0.25) is 0 Å². The molecule has 0 fully saturated rings. The number of ether oxygens (including phenoxy) is 2. The number of benzene rings is 1. The Hall–Kier alpha value is -2.88. The van der Waals surface area contributed by atoms with Crippen LogP contribution in [-0.4, -0.2) is 24.2 Å². The summed E-state index contributed by atoms with van der Waals surface area (Å²) in [5, 5.41) is 0. The van der Waals surface area contributed by atoms with E-state index in [1.807, 2.05) is 48.5 Å². The Morgan fingerprint density at radius 3 is 1.45 bits per heavy atom. The highest BCUT2D eigenvalue weighted by Gasteiger charge is 2.15. The number of hydrogen-bond donors (Lipinski definition) is 0. The highest BCUT2D eigenvalue weighted by molar-refractivity contribution is 5.78. The van der Waals surface area contributed by atoms with E-state index in [1.54, 1.807) is 26.6 Å². The Morgan fingerprint density at radius 1 is 0.682 bits per heavy atom. The van der Waals surface area contributed by atoms with E-state index in [-0.39, 0.29) is 0 Å². The molecule has 0 radical (unpaired) electrons. The van der Waals surface area contributed by atoms with Crippen molar-refractivity contribution in [1.29, 1.82) is 0 Å². The topological polar surface area (TPSA) is 44.2 Å². The Kier molecular flexibility index (Phi) is 4.01. The number of methoxy groups -OCH3 is 2. The van der Waals surface area contributed by atoms with E-state index in [1.165, 1.54) is 0 Å². The van der Waals surface area contributed by atoms with Gasteiger partial charge in [0.1, 0.15) is 11.5 Å². The van der Waals surface area contributed by atoms with Gasteiger partial charge in [-0.15, -0.1) is 0 Å². The second-order valence-corrected chi connectivity index (χ2v) is 4.68. The lowest BCUT2D eigenvalue weighted by Crippen LogP contribution is -1.95. The minimum atomic E-state index is 0.736. The summed E-state index contributed by atoms with van der Waals surface area (Å²) in [4.78, 5) is 8.77. The largest absolute Gasteiger partial charge is 0.496 e. The van der Waals surface area contributed by atoms with E-state index in [0.717, 1.165) is 34.0 Å². The molecular weight excluding hydrogens is 276 g/mol. The summed E-state index contributed by atoms with van der Waals surface area (Å²) in [5.41, 5.74) is 3.45. The van der Waals surface area contributed by atoms with Crippen LogP contribution in [0, 0.1) is 0 Å². The molecule has 4 nitrogen and oxygen atoms in total. The molecule has 4 heteroatoms. The van der Waals surface area contributed by atoms with Crippen LogP contribution in [0.5, 0.6) is 11.5 Å². The molecule has 0 aliphatic rings. The molecule has 0 spiro atoms. The molecule has 1 aromatic carbocycles. The normalized spacial score (nSPS) is 10.3. The molecule has 0 bridgehead atoms. The second kappa shape index (κ2) is 6.26. The van der Waals surface area contributed by atoms with Crippen LogP contribution in [0.2, 0.25) is 0 Å². The smallest absolute Gasteiger partial charge is 0.129 e. The quantitative estimate of drug-likeness (QED) is 0.733. The molecule has 2 aromatic heterocycles. The van der Waals surface area contributed by atoms with E-state index >= 15 is 0 Å². The Morgan fingerprint density at radius 2 is 1.14 bits per heavy atom. The lowest BCUT2D eigenvalue weighted by atomic mass is 10.0. The van der Waals surface area contributed by atoms with Crippen LogP contribution in [0.1, 0.15) is 0 Å². The summed E-state index contributed by atoms with van der Waals surface area (Å²) in [6.07, 6.45) is 3.52. The van der Waals surface area contributed by atoms with Gasteiger partial charge in [0.05, 0.1) is 25.6 Å². The van der Waals surface area contributed by atoms with E-state index in [4.69, 9.17) is 9.47 Å². The van der Waals surface area contributed by atoms with Gasteiger partial charge in [0.15, 0.2) is 0 Å². The molecular formula is C18H16N2O2. The first-order valence-electron chi connectivity index (χ1n) is 6.92. The number of pyridine rings is 2. The number of aromatic nitrogens is 2. The summed E-state index contributed by atoms with van der Waals surface area (Å²) < 4.78 is 11.1. The number of hydrogen-bond acceptors (Lipinski definition) is 4. The van der Waals surface area contributed by atoms with Crippen molar-refractivity contribution in [2.75, 3.05) is 14.2 Å². The minimum absolute atomic E-state index is 0.736. The molecule has 0 unspecified atom stereocenters. The molecule has 0 aliphatic heterocycles. The monoisotopic (exact) mass is 292 g/mol. The molecule has 0 atom stereocenters. The van der Waals surface area contributed by atoms with Crippen molar-refractivity contribution in [2.24, 2.45) is 0 Å². The molecule has 0 amide bonds. The van der Waals surface area contributed by atoms with Crippen LogP contribution in [0.4, 0.5) is 0 Å². The minimum Gasteiger partial charge on any atom is -0.496 e. The second-order valence-electron chi connectivity index (χ2n) is 4.68. The van der Waals surface area contributed by atoms with Gasteiger partial charge in [-0.2, -0.15) is 0 Å². The standard InChI is InChI=1S/C18H16N2O2/c1-21-17-11-14(16-8-4-6-10-20-16)18(22-2)12-13(17)15-7-3-5-9-19-15/h3-12H,1-2H3. The average molecular weight is 292 g/mol. The van der Waals surface area contributed by atoms with Gasteiger partial charge < -0.3 is 9.47 Å². The summed E-state index contributed by atoms with van der Waals surface area (Å²) >= 11 is 0. The highest BCUT2D eigenvalue weighted by Crippen LogP contribution is 2.39. The van der Waals surface area contributed by atoms with Crippen LogP contribution >= 0.6 is 0 Å². The maximum atomic E-state index is 5.54. The summed E-state index contributed by atoms with van der Waals surface area (Å²) in [7, 11) is 3.30. The third-order valence-electron chi connectivity index (χ3n) is 3.40. The molecule has 22 heavy (non-hydrogen) atoms. The first-order chi connectivity index (χ1) is 10.8. The maximum Gasteiger partial charge on any atom is 0.129 e. The summed E-state index contributed by atoms with van der Waals surface area (Å²) in [6, 6.07) is 15.4. The maximum absolute atomic E-state index is 5.54. The summed E-state index contributed by atoms with van der Waals surface area (Å²) in [5.74, 6) is 1.47. The van der Waals surface area contributed by atoms with Crippen LogP contribution in [-0.2, 0) is 0 Å². The highest BCUT2D eigenvalue weighted by atomic mass is 16.5. The Bertz CT molecular complexity index is 692. The first-order valence-corrected chi connectivity index (χ1v) is 6.92. The molecule has 0 aliphatic carbocycles. The van der Waals surface area contributed by atoms with E-state index in [0.29, 0.717) is 0 Å². The van der Waals surface area contributed by atoms with Gasteiger partial charge in [0.25, 0.3) is 0 Å². The van der Waals surface area contributed by atoms with Crippen molar-refractivity contribution in [3.8, 4) is 34.0 Å². The summed E-state index contributed by atoms with van der Waals surface area (Å²) in [6.45, 7) is 0. The Labute approximate surface area is 129 Å². The third kappa shape index (κ3) is 2.63. The lowest BCUT2D eigenvalue weighted by Gasteiger charge is -2.14. The van der Waals surface area contributed by atoms with Gasteiger partial charge in [-0.25, -0.2) is 0 Å².